The first-order valence-corrected chi connectivity index (χ1v) is 9.30. The third kappa shape index (κ3) is 3.70. The molecule has 3 amide bonds. The number of hydrogen-bond acceptors (Lipinski definition) is 3. The van der Waals surface area contributed by atoms with Gasteiger partial charge in [0, 0.05) is 49.6 Å². The molecule has 0 aliphatic carbocycles. The molecule has 1 saturated heterocycles. The topological polar surface area (TPSA) is 69.7 Å². The molecule has 2 aliphatic heterocycles. The van der Waals surface area contributed by atoms with Crippen molar-refractivity contribution in [2.24, 2.45) is 5.92 Å². The third-order valence-corrected chi connectivity index (χ3v) is 5.28. The molecule has 29 heavy (non-hydrogen) atoms. The number of carbonyl (C=O) groups excluding carboxylic acids is 3. The van der Waals surface area contributed by atoms with Crippen LogP contribution in [0, 0.1) is 17.6 Å². The summed E-state index contributed by atoms with van der Waals surface area (Å²) in [6.07, 6.45) is 0.722. The molecule has 4 rings (SSSR count). The first kappa shape index (κ1) is 19.0. The van der Waals surface area contributed by atoms with Crippen molar-refractivity contribution < 1.29 is 23.2 Å². The quantitative estimate of drug-likeness (QED) is 0.863. The van der Waals surface area contributed by atoms with E-state index in [-0.39, 0.29) is 30.5 Å². The average molecular weight is 399 g/mol. The maximum absolute atomic E-state index is 13.3. The minimum Gasteiger partial charge on any atom is -0.326 e. The molecule has 0 radical (unpaired) electrons. The SMILES string of the molecule is CC(=O)N1CCc2cc(N3C[C@@H](C(=O)Nc4cc(F)cc(F)c4)CC3=O)ccc21. The molecular weight excluding hydrogens is 380 g/mol. The summed E-state index contributed by atoms with van der Waals surface area (Å²) in [4.78, 5) is 39.9. The Morgan fingerprint density at radius 2 is 1.83 bits per heavy atom. The van der Waals surface area contributed by atoms with Gasteiger partial charge in [-0.3, -0.25) is 14.4 Å². The summed E-state index contributed by atoms with van der Waals surface area (Å²) in [6.45, 7) is 2.30. The molecule has 2 aromatic carbocycles. The molecule has 0 spiro atoms. The van der Waals surface area contributed by atoms with Crippen LogP contribution in [0.5, 0.6) is 0 Å². The van der Waals surface area contributed by atoms with Gasteiger partial charge in [0.05, 0.1) is 5.92 Å². The first-order chi connectivity index (χ1) is 13.8. The second-order valence-electron chi connectivity index (χ2n) is 7.29. The van der Waals surface area contributed by atoms with E-state index in [1.165, 1.54) is 11.8 Å². The number of amides is 3. The van der Waals surface area contributed by atoms with Crippen LogP contribution in [-0.2, 0) is 20.8 Å². The molecule has 150 valence electrons. The van der Waals surface area contributed by atoms with Crippen LogP contribution < -0.4 is 15.1 Å². The highest BCUT2D eigenvalue weighted by Crippen LogP contribution is 2.34. The van der Waals surface area contributed by atoms with Crippen LogP contribution in [0.1, 0.15) is 18.9 Å². The minimum atomic E-state index is -0.790. The Bertz CT molecular complexity index is 1000. The van der Waals surface area contributed by atoms with E-state index in [0.29, 0.717) is 18.7 Å². The highest BCUT2D eigenvalue weighted by atomic mass is 19.1. The van der Waals surface area contributed by atoms with E-state index in [1.807, 2.05) is 12.1 Å². The predicted molar refractivity (Wildman–Crippen MR) is 104 cm³/mol. The lowest BCUT2D eigenvalue weighted by molar-refractivity contribution is -0.122. The van der Waals surface area contributed by atoms with Gasteiger partial charge in [0.1, 0.15) is 11.6 Å². The molecule has 2 aromatic rings. The lowest BCUT2D eigenvalue weighted by Gasteiger charge is -2.19. The zero-order valence-corrected chi connectivity index (χ0v) is 15.7. The summed E-state index contributed by atoms with van der Waals surface area (Å²) in [7, 11) is 0. The van der Waals surface area contributed by atoms with Gasteiger partial charge in [-0.2, -0.15) is 0 Å². The lowest BCUT2D eigenvalue weighted by atomic mass is 10.1. The van der Waals surface area contributed by atoms with Crippen molar-refractivity contribution in [2.45, 2.75) is 19.8 Å². The Balaban J connectivity index is 1.48. The van der Waals surface area contributed by atoms with Crippen molar-refractivity contribution in [1.82, 2.24) is 0 Å². The fraction of sp³-hybridized carbons (Fsp3) is 0.286. The van der Waals surface area contributed by atoms with Crippen LogP contribution in [0.3, 0.4) is 0 Å². The Labute approximate surface area is 166 Å². The van der Waals surface area contributed by atoms with Crippen LogP contribution in [-0.4, -0.2) is 30.8 Å². The second-order valence-corrected chi connectivity index (χ2v) is 7.29. The molecule has 0 unspecified atom stereocenters. The second kappa shape index (κ2) is 7.27. The normalized spacial score (nSPS) is 18.2. The summed E-state index contributed by atoms with van der Waals surface area (Å²) >= 11 is 0. The number of rotatable bonds is 3. The van der Waals surface area contributed by atoms with Gasteiger partial charge in [0.15, 0.2) is 0 Å². The van der Waals surface area contributed by atoms with E-state index in [0.717, 1.165) is 29.4 Å². The van der Waals surface area contributed by atoms with Gasteiger partial charge in [-0.1, -0.05) is 0 Å². The highest BCUT2D eigenvalue weighted by molar-refractivity contribution is 6.04. The van der Waals surface area contributed by atoms with E-state index >= 15 is 0 Å². The van der Waals surface area contributed by atoms with Crippen molar-refractivity contribution >= 4 is 34.8 Å². The molecule has 8 heteroatoms. The summed E-state index contributed by atoms with van der Waals surface area (Å²) in [5.41, 5.74) is 2.51. The Morgan fingerprint density at radius 1 is 1.10 bits per heavy atom. The minimum absolute atomic E-state index is 0.0141. The summed E-state index contributed by atoms with van der Waals surface area (Å²) < 4.78 is 26.6. The van der Waals surface area contributed by atoms with E-state index in [1.54, 1.807) is 11.0 Å². The van der Waals surface area contributed by atoms with Crippen molar-refractivity contribution in [3.05, 3.63) is 53.6 Å². The third-order valence-electron chi connectivity index (χ3n) is 5.28. The van der Waals surface area contributed by atoms with E-state index in [2.05, 4.69) is 5.32 Å². The van der Waals surface area contributed by atoms with Crippen molar-refractivity contribution in [3.8, 4) is 0 Å². The summed E-state index contributed by atoms with van der Waals surface area (Å²) in [5, 5.41) is 2.48. The molecule has 0 bridgehead atoms. The molecule has 1 N–H and O–H groups in total. The van der Waals surface area contributed by atoms with E-state index < -0.39 is 23.5 Å². The number of carbonyl (C=O) groups is 3. The molecule has 1 fully saturated rings. The van der Waals surface area contributed by atoms with Gasteiger partial charge in [-0.05, 0) is 42.3 Å². The maximum Gasteiger partial charge on any atom is 0.229 e. The number of nitrogens with zero attached hydrogens (tertiary/aromatic N) is 2. The number of anilines is 3. The van der Waals surface area contributed by atoms with E-state index in [4.69, 9.17) is 0 Å². The van der Waals surface area contributed by atoms with Crippen LogP contribution in [0.15, 0.2) is 36.4 Å². The van der Waals surface area contributed by atoms with Gasteiger partial charge in [-0.25, -0.2) is 8.78 Å². The van der Waals surface area contributed by atoms with Crippen LogP contribution in [0.25, 0.3) is 0 Å². The van der Waals surface area contributed by atoms with Crippen LogP contribution in [0.2, 0.25) is 0 Å². The Morgan fingerprint density at radius 3 is 2.52 bits per heavy atom. The number of hydrogen-bond donors (Lipinski definition) is 1. The van der Waals surface area contributed by atoms with Crippen molar-refractivity contribution in [1.29, 1.82) is 0 Å². The molecule has 2 heterocycles. The summed E-state index contributed by atoms with van der Waals surface area (Å²) in [5.74, 6) is -2.90. The Hall–Kier alpha value is -3.29. The van der Waals surface area contributed by atoms with Crippen LogP contribution in [0.4, 0.5) is 25.8 Å². The summed E-state index contributed by atoms with van der Waals surface area (Å²) in [6, 6.07) is 8.22. The lowest BCUT2D eigenvalue weighted by Crippen LogP contribution is -2.28. The highest BCUT2D eigenvalue weighted by Gasteiger charge is 2.36. The van der Waals surface area contributed by atoms with Gasteiger partial charge in [-0.15, -0.1) is 0 Å². The van der Waals surface area contributed by atoms with E-state index in [9.17, 15) is 23.2 Å². The Kier molecular flexibility index (Phi) is 4.77. The molecule has 0 aromatic heterocycles. The zero-order valence-electron chi connectivity index (χ0n) is 15.7. The van der Waals surface area contributed by atoms with Gasteiger partial charge >= 0.3 is 0 Å². The molecule has 1 atom stereocenters. The fourth-order valence-corrected chi connectivity index (χ4v) is 3.89. The number of halogens is 2. The largest absolute Gasteiger partial charge is 0.326 e. The average Bonchev–Trinajstić information content (AvgIpc) is 3.23. The smallest absolute Gasteiger partial charge is 0.229 e. The number of benzene rings is 2. The number of fused-ring (bicyclic) bond motifs is 1. The van der Waals surface area contributed by atoms with Crippen molar-refractivity contribution in [3.63, 3.8) is 0 Å². The van der Waals surface area contributed by atoms with Gasteiger partial charge in [0.2, 0.25) is 17.7 Å². The number of nitrogens with one attached hydrogen (secondary N) is 1. The predicted octanol–water partition coefficient (Wildman–Crippen LogP) is 2.87. The zero-order chi connectivity index (χ0) is 20.7. The standard InChI is InChI=1S/C21H19F2N3O3/c1-12(27)25-5-4-13-6-18(2-3-19(13)25)26-11-14(7-20(26)28)21(29)24-17-9-15(22)8-16(23)10-17/h2-3,6,8-10,14H,4-5,7,11H2,1H3,(H,24,29)/t14-/m0/s1. The van der Waals surface area contributed by atoms with Crippen molar-refractivity contribution in [2.75, 3.05) is 28.2 Å². The molecule has 6 nitrogen and oxygen atoms in total. The van der Waals surface area contributed by atoms with Crippen LogP contribution >= 0.6 is 0 Å². The van der Waals surface area contributed by atoms with Gasteiger partial charge in [0.25, 0.3) is 0 Å². The monoisotopic (exact) mass is 399 g/mol. The first-order valence-electron chi connectivity index (χ1n) is 9.30. The molecular formula is C21H19F2N3O3. The molecule has 2 aliphatic rings. The fourth-order valence-electron chi connectivity index (χ4n) is 3.89. The molecule has 0 saturated carbocycles. The maximum atomic E-state index is 13.3. The van der Waals surface area contributed by atoms with Gasteiger partial charge < -0.3 is 15.1 Å².